The van der Waals surface area contributed by atoms with Crippen LogP contribution in [0.1, 0.15) is 23.2 Å². The third-order valence-electron chi connectivity index (χ3n) is 5.80. The summed E-state index contributed by atoms with van der Waals surface area (Å²) in [5.41, 5.74) is 3.30. The number of ether oxygens (including phenoxy) is 2. The second-order valence-corrected chi connectivity index (χ2v) is 7.48. The Hall–Kier alpha value is -2.67. The standard InChI is InChI=1S/C21H24N4O3/c26-21(19-6-5-15-3-1-2-4-18(15)28-19)25-8-7-16-17(13-25)22-14-23-20(16)24-9-11-27-12-10-24/h1-4,14,19H,5-13H2. The molecular formula is C21H24N4O3. The summed E-state index contributed by atoms with van der Waals surface area (Å²) in [5.74, 6) is 1.90. The lowest BCUT2D eigenvalue weighted by Gasteiger charge is -2.35. The van der Waals surface area contributed by atoms with Crippen molar-refractivity contribution in [2.75, 3.05) is 37.7 Å². The first-order valence-electron chi connectivity index (χ1n) is 9.98. The van der Waals surface area contributed by atoms with Crippen LogP contribution < -0.4 is 9.64 Å². The lowest BCUT2D eigenvalue weighted by atomic mass is 10.00. The summed E-state index contributed by atoms with van der Waals surface area (Å²) in [6, 6.07) is 7.98. The number of hydrogen-bond acceptors (Lipinski definition) is 6. The second kappa shape index (κ2) is 7.39. The molecule has 3 aliphatic heterocycles. The van der Waals surface area contributed by atoms with E-state index in [1.54, 1.807) is 6.33 Å². The van der Waals surface area contributed by atoms with Crippen LogP contribution in [0.15, 0.2) is 30.6 Å². The van der Waals surface area contributed by atoms with Gasteiger partial charge in [0.15, 0.2) is 6.10 Å². The van der Waals surface area contributed by atoms with Crippen LogP contribution in [-0.4, -0.2) is 59.7 Å². The van der Waals surface area contributed by atoms with E-state index in [1.807, 2.05) is 23.1 Å². The van der Waals surface area contributed by atoms with Crippen LogP contribution in [0.5, 0.6) is 5.75 Å². The molecule has 1 aromatic heterocycles. The first-order valence-corrected chi connectivity index (χ1v) is 9.98. The van der Waals surface area contributed by atoms with E-state index in [2.05, 4.69) is 20.9 Å². The number of morpholine rings is 1. The summed E-state index contributed by atoms with van der Waals surface area (Å²) in [7, 11) is 0. The van der Waals surface area contributed by atoms with Gasteiger partial charge in [0.25, 0.3) is 5.91 Å². The second-order valence-electron chi connectivity index (χ2n) is 7.48. The molecule has 1 aromatic carbocycles. The Morgan fingerprint density at radius 2 is 1.93 bits per heavy atom. The van der Waals surface area contributed by atoms with Gasteiger partial charge in [-0.25, -0.2) is 9.97 Å². The van der Waals surface area contributed by atoms with Gasteiger partial charge in [0.05, 0.1) is 25.5 Å². The number of benzene rings is 1. The van der Waals surface area contributed by atoms with Gasteiger partial charge in [0.2, 0.25) is 0 Å². The Morgan fingerprint density at radius 1 is 1.07 bits per heavy atom. The summed E-state index contributed by atoms with van der Waals surface area (Å²) < 4.78 is 11.5. The van der Waals surface area contributed by atoms with E-state index in [0.29, 0.717) is 13.1 Å². The van der Waals surface area contributed by atoms with E-state index in [4.69, 9.17) is 9.47 Å². The molecule has 0 bridgehead atoms. The molecule has 0 saturated carbocycles. The van der Waals surface area contributed by atoms with Crippen LogP contribution in [0.25, 0.3) is 0 Å². The number of carbonyl (C=O) groups is 1. The Balaban J connectivity index is 1.31. The van der Waals surface area contributed by atoms with Crippen LogP contribution in [0.4, 0.5) is 5.82 Å². The highest BCUT2D eigenvalue weighted by Crippen LogP contribution is 2.30. The van der Waals surface area contributed by atoms with Crippen molar-refractivity contribution in [3.8, 4) is 5.75 Å². The summed E-state index contributed by atoms with van der Waals surface area (Å²) >= 11 is 0. The topological polar surface area (TPSA) is 67.8 Å². The molecule has 1 amide bonds. The molecule has 1 atom stereocenters. The zero-order valence-electron chi connectivity index (χ0n) is 15.8. The van der Waals surface area contributed by atoms with Crippen LogP contribution in [0.3, 0.4) is 0 Å². The van der Waals surface area contributed by atoms with Crippen molar-refractivity contribution in [3.05, 3.63) is 47.4 Å². The van der Waals surface area contributed by atoms with Gasteiger partial charge in [-0.05, 0) is 30.9 Å². The van der Waals surface area contributed by atoms with Gasteiger partial charge in [0.1, 0.15) is 17.9 Å². The highest BCUT2D eigenvalue weighted by atomic mass is 16.5. The minimum atomic E-state index is -0.406. The van der Waals surface area contributed by atoms with Gasteiger partial charge in [0, 0.05) is 25.2 Å². The smallest absolute Gasteiger partial charge is 0.264 e. The van der Waals surface area contributed by atoms with Gasteiger partial charge < -0.3 is 19.3 Å². The van der Waals surface area contributed by atoms with Gasteiger partial charge in [-0.2, -0.15) is 0 Å². The highest BCUT2D eigenvalue weighted by molar-refractivity contribution is 5.82. The average Bonchev–Trinajstić information content (AvgIpc) is 2.78. The van der Waals surface area contributed by atoms with Gasteiger partial charge in [-0.3, -0.25) is 4.79 Å². The first-order chi connectivity index (χ1) is 13.8. The highest BCUT2D eigenvalue weighted by Gasteiger charge is 2.33. The molecule has 0 N–H and O–H groups in total. The molecule has 4 heterocycles. The molecule has 146 valence electrons. The summed E-state index contributed by atoms with van der Waals surface area (Å²) in [5, 5.41) is 0. The van der Waals surface area contributed by atoms with E-state index in [1.165, 1.54) is 11.1 Å². The van der Waals surface area contributed by atoms with Crippen molar-refractivity contribution in [2.45, 2.75) is 31.9 Å². The van der Waals surface area contributed by atoms with E-state index < -0.39 is 6.10 Å². The summed E-state index contributed by atoms with van der Waals surface area (Å²) in [4.78, 5) is 26.3. The molecule has 2 aromatic rings. The number of aryl methyl sites for hydroxylation is 1. The van der Waals surface area contributed by atoms with E-state index in [-0.39, 0.29) is 5.91 Å². The third-order valence-corrected chi connectivity index (χ3v) is 5.80. The molecule has 3 aliphatic rings. The predicted octanol–water partition coefficient (Wildman–Crippen LogP) is 1.59. The Kier molecular flexibility index (Phi) is 4.60. The monoisotopic (exact) mass is 380 g/mol. The Labute approximate surface area is 164 Å². The molecule has 1 fully saturated rings. The Morgan fingerprint density at radius 3 is 2.82 bits per heavy atom. The predicted molar refractivity (Wildman–Crippen MR) is 103 cm³/mol. The fourth-order valence-electron chi connectivity index (χ4n) is 4.27. The largest absolute Gasteiger partial charge is 0.480 e. The van der Waals surface area contributed by atoms with Crippen molar-refractivity contribution in [1.29, 1.82) is 0 Å². The van der Waals surface area contributed by atoms with Crippen LogP contribution in [0, 0.1) is 0 Å². The number of nitrogens with zero attached hydrogens (tertiary/aromatic N) is 4. The van der Waals surface area contributed by atoms with Crippen molar-refractivity contribution in [2.24, 2.45) is 0 Å². The molecular weight excluding hydrogens is 356 g/mol. The molecule has 7 nitrogen and oxygen atoms in total. The van der Waals surface area contributed by atoms with E-state index >= 15 is 0 Å². The number of carbonyl (C=O) groups excluding carboxylic acids is 1. The zero-order chi connectivity index (χ0) is 18.9. The number of rotatable bonds is 2. The number of para-hydroxylation sites is 1. The van der Waals surface area contributed by atoms with Gasteiger partial charge in [-0.1, -0.05) is 18.2 Å². The molecule has 1 saturated heterocycles. The molecule has 0 spiro atoms. The maximum absolute atomic E-state index is 13.1. The summed E-state index contributed by atoms with van der Waals surface area (Å²) in [6.45, 7) is 4.35. The van der Waals surface area contributed by atoms with Crippen molar-refractivity contribution in [3.63, 3.8) is 0 Å². The minimum absolute atomic E-state index is 0.0617. The van der Waals surface area contributed by atoms with Crippen molar-refractivity contribution in [1.82, 2.24) is 14.9 Å². The van der Waals surface area contributed by atoms with E-state index in [0.717, 1.165) is 62.8 Å². The van der Waals surface area contributed by atoms with Crippen LogP contribution in [-0.2, 0) is 28.9 Å². The molecule has 5 rings (SSSR count). The fraction of sp³-hybridized carbons (Fsp3) is 0.476. The number of hydrogen-bond donors (Lipinski definition) is 0. The average molecular weight is 380 g/mol. The zero-order valence-corrected chi connectivity index (χ0v) is 15.8. The van der Waals surface area contributed by atoms with Gasteiger partial charge in [-0.15, -0.1) is 0 Å². The molecule has 28 heavy (non-hydrogen) atoms. The number of amides is 1. The van der Waals surface area contributed by atoms with E-state index in [9.17, 15) is 4.79 Å². The van der Waals surface area contributed by atoms with Crippen molar-refractivity contribution >= 4 is 11.7 Å². The summed E-state index contributed by atoms with van der Waals surface area (Å²) in [6.07, 6.45) is 3.59. The lowest BCUT2D eigenvalue weighted by molar-refractivity contribution is -0.140. The third kappa shape index (κ3) is 3.20. The van der Waals surface area contributed by atoms with Crippen LogP contribution >= 0.6 is 0 Å². The normalized spacial score (nSPS) is 21.5. The molecule has 7 heteroatoms. The SMILES string of the molecule is O=C(C1CCc2ccccc2O1)N1CCc2c(ncnc2N2CCOCC2)C1. The lowest BCUT2D eigenvalue weighted by Crippen LogP contribution is -2.46. The maximum Gasteiger partial charge on any atom is 0.264 e. The number of anilines is 1. The number of aromatic nitrogens is 2. The quantitative estimate of drug-likeness (QED) is 0.788. The maximum atomic E-state index is 13.1. The Bertz CT molecular complexity index is 882. The molecule has 1 unspecified atom stereocenters. The first kappa shape index (κ1) is 17.4. The number of fused-ring (bicyclic) bond motifs is 2. The molecule has 0 radical (unpaired) electrons. The van der Waals surface area contributed by atoms with Gasteiger partial charge >= 0.3 is 0 Å². The molecule has 0 aliphatic carbocycles. The van der Waals surface area contributed by atoms with Crippen LogP contribution in [0.2, 0.25) is 0 Å². The fourth-order valence-corrected chi connectivity index (χ4v) is 4.27. The van der Waals surface area contributed by atoms with Crippen molar-refractivity contribution < 1.29 is 14.3 Å². The minimum Gasteiger partial charge on any atom is -0.480 e.